The zero-order valence-corrected chi connectivity index (χ0v) is 10.5. The topological polar surface area (TPSA) is 30.5 Å². The second kappa shape index (κ2) is 4.26. The van der Waals surface area contributed by atoms with Crippen LogP contribution in [0.1, 0.15) is 24.3 Å². The molecule has 0 spiro atoms. The Hall–Kier alpha value is -0.740. The molecule has 0 aromatic heterocycles. The molecule has 1 N–H and O–H groups in total. The van der Waals surface area contributed by atoms with E-state index >= 15 is 0 Å². The number of rotatable bonds is 1. The van der Waals surface area contributed by atoms with E-state index in [9.17, 15) is 0 Å². The molecule has 1 fully saturated rings. The Kier molecular flexibility index (Phi) is 2.77. The van der Waals surface area contributed by atoms with E-state index in [4.69, 9.17) is 9.47 Å². The van der Waals surface area contributed by atoms with Gasteiger partial charge in [0.1, 0.15) is 0 Å². The summed E-state index contributed by atoms with van der Waals surface area (Å²) in [6, 6.07) is 4.27. The van der Waals surface area contributed by atoms with Crippen molar-refractivity contribution in [1.29, 1.82) is 0 Å². The van der Waals surface area contributed by atoms with Crippen molar-refractivity contribution < 1.29 is 9.47 Å². The van der Waals surface area contributed by atoms with Crippen LogP contribution in [0.4, 0.5) is 0 Å². The molecule has 1 aromatic carbocycles. The maximum absolute atomic E-state index is 5.44. The Bertz CT molecular complexity index is 402. The van der Waals surface area contributed by atoms with Gasteiger partial charge in [0.05, 0.1) is 4.47 Å². The summed E-state index contributed by atoms with van der Waals surface area (Å²) in [5.41, 5.74) is 1.34. The Morgan fingerprint density at radius 1 is 1.31 bits per heavy atom. The first kappa shape index (κ1) is 10.4. The van der Waals surface area contributed by atoms with Crippen molar-refractivity contribution in [2.75, 3.05) is 19.9 Å². The third-order valence-electron chi connectivity index (χ3n) is 3.22. The van der Waals surface area contributed by atoms with Gasteiger partial charge in [-0.1, -0.05) is 0 Å². The summed E-state index contributed by atoms with van der Waals surface area (Å²) in [6.45, 7) is 2.54. The average Bonchev–Trinajstić information content (AvgIpc) is 2.79. The van der Waals surface area contributed by atoms with E-state index in [-0.39, 0.29) is 0 Å². The van der Waals surface area contributed by atoms with Gasteiger partial charge in [0.25, 0.3) is 0 Å². The van der Waals surface area contributed by atoms with Crippen molar-refractivity contribution in [3.8, 4) is 11.5 Å². The predicted molar refractivity (Wildman–Crippen MR) is 65.1 cm³/mol. The number of benzene rings is 1. The highest BCUT2D eigenvalue weighted by atomic mass is 79.9. The summed E-state index contributed by atoms with van der Waals surface area (Å²) in [5, 5.41) is 3.43. The first-order valence-corrected chi connectivity index (χ1v) is 6.43. The minimum absolute atomic E-state index is 0.334. The molecule has 3 nitrogen and oxygen atoms in total. The monoisotopic (exact) mass is 283 g/mol. The number of hydrogen-bond acceptors (Lipinski definition) is 3. The zero-order valence-electron chi connectivity index (χ0n) is 8.96. The highest BCUT2D eigenvalue weighted by molar-refractivity contribution is 9.10. The lowest BCUT2D eigenvalue weighted by Crippen LogP contribution is -2.28. The van der Waals surface area contributed by atoms with Crippen molar-refractivity contribution in [2.45, 2.75) is 18.8 Å². The van der Waals surface area contributed by atoms with Crippen molar-refractivity contribution in [3.63, 3.8) is 0 Å². The predicted octanol–water partition coefficient (Wildman–Crippen LogP) is 2.64. The van der Waals surface area contributed by atoms with Crippen LogP contribution in [0.25, 0.3) is 0 Å². The highest BCUT2D eigenvalue weighted by Crippen LogP contribution is 2.42. The molecule has 86 valence electrons. The first-order valence-electron chi connectivity index (χ1n) is 5.64. The maximum atomic E-state index is 5.44. The van der Waals surface area contributed by atoms with E-state index in [0.717, 1.165) is 29.1 Å². The van der Waals surface area contributed by atoms with Crippen molar-refractivity contribution in [1.82, 2.24) is 5.32 Å². The minimum Gasteiger partial charge on any atom is -0.454 e. The molecule has 2 aliphatic heterocycles. The molecule has 4 heteroatoms. The molecule has 0 aliphatic carbocycles. The van der Waals surface area contributed by atoms with Crippen LogP contribution < -0.4 is 14.8 Å². The van der Waals surface area contributed by atoms with Crippen LogP contribution in [0, 0.1) is 0 Å². The fourth-order valence-electron chi connectivity index (χ4n) is 2.36. The van der Waals surface area contributed by atoms with Crippen LogP contribution in [0.3, 0.4) is 0 Å². The molecule has 2 aliphatic rings. The molecule has 1 aromatic rings. The van der Waals surface area contributed by atoms with Crippen LogP contribution in [0.15, 0.2) is 16.6 Å². The summed E-state index contributed by atoms with van der Waals surface area (Å²) in [6.07, 6.45) is 2.50. The Morgan fingerprint density at radius 3 is 3.06 bits per heavy atom. The van der Waals surface area contributed by atoms with Crippen LogP contribution in [-0.4, -0.2) is 19.9 Å². The Balaban J connectivity index is 1.92. The van der Waals surface area contributed by atoms with E-state index in [1.807, 2.05) is 0 Å². The third-order valence-corrected chi connectivity index (χ3v) is 3.81. The second-order valence-corrected chi connectivity index (χ2v) is 5.13. The number of halogens is 1. The Morgan fingerprint density at radius 2 is 2.25 bits per heavy atom. The lowest BCUT2D eigenvalue weighted by molar-refractivity contribution is 0.173. The molecule has 16 heavy (non-hydrogen) atoms. The van der Waals surface area contributed by atoms with Gasteiger partial charge in [-0.2, -0.15) is 0 Å². The van der Waals surface area contributed by atoms with Gasteiger partial charge in [0.15, 0.2) is 11.5 Å². The second-order valence-electron chi connectivity index (χ2n) is 4.28. The number of piperidine rings is 1. The smallest absolute Gasteiger partial charge is 0.231 e. The number of ether oxygens (including phenoxy) is 2. The highest BCUT2D eigenvalue weighted by Gasteiger charge is 2.22. The Labute approximate surface area is 103 Å². The summed E-state index contributed by atoms with van der Waals surface area (Å²) in [5.74, 6) is 2.31. The first-order chi connectivity index (χ1) is 7.84. The molecule has 1 atom stereocenters. The largest absolute Gasteiger partial charge is 0.454 e. The SMILES string of the molecule is Brc1cc(C2CCCNC2)cc2c1OCO2. The van der Waals surface area contributed by atoms with Gasteiger partial charge in [-0.15, -0.1) is 0 Å². The van der Waals surface area contributed by atoms with Crippen molar-refractivity contribution in [3.05, 3.63) is 22.2 Å². The quantitative estimate of drug-likeness (QED) is 0.860. The molecule has 0 bridgehead atoms. The van der Waals surface area contributed by atoms with Gasteiger partial charge in [0, 0.05) is 6.54 Å². The van der Waals surface area contributed by atoms with E-state index in [1.165, 1.54) is 18.4 Å². The molecule has 1 unspecified atom stereocenters. The van der Waals surface area contributed by atoms with Gasteiger partial charge in [-0.3, -0.25) is 0 Å². The van der Waals surface area contributed by atoms with Crippen LogP contribution in [-0.2, 0) is 0 Å². The number of hydrogen-bond donors (Lipinski definition) is 1. The van der Waals surface area contributed by atoms with Crippen molar-refractivity contribution in [2.24, 2.45) is 0 Å². The zero-order chi connectivity index (χ0) is 11.0. The fraction of sp³-hybridized carbons (Fsp3) is 0.500. The number of fused-ring (bicyclic) bond motifs is 1. The minimum atomic E-state index is 0.334. The average molecular weight is 284 g/mol. The number of nitrogens with one attached hydrogen (secondary N) is 1. The van der Waals surface area contributed by atoms with Gasteiger partial charge >= 0.3 is 0 Å². The summed E-state index contributed by atoms with van der Waals surface area (Å²) in [7, 11) is 0. The van der Waals surface area contributed by atoms with Gasteiger partial charge < -0.3 is 14.8 Å². The van der Waals surface area contributed by atoms with Crippen molar-refractivity contribution >= 4 is 15.9 Å². The molecule has 1 saturated heterocycles. The van der Waals surface area contributed by atoms with Crippen LogP contribution in [0.2, 0.25) is 0 Å². The van der Waals surface area contributed by atoms with Gasteiger partial charge in [-0.05, 0) is 58.9 Å². The summed E-state index contributed by atoms with van der Waals surface area (Å²) < 4.78 is 11.8. The summed E-state index contributed by atoms with van der Waals surface area (Å²) in [4.78, 5) is 0. The van der Waals surface area contributed by atoms with Gasteiger partial charge in [-0.25, -0.2) is 0 Å². The lowest BCUT2D eigenvalue weighted by atomic mass is 9.91. The van der Waals surface area contributed by atoms with E-state index in [2.05, 4.69) is 33.4 Å². The normalized spacial score (nSPS) is 23.4. The molecule has 0 radical (unpaired) electrons. The molecule has 0 amide bonds. The van der Waals surface area contributed by atoms with Gasteiger partial charge in [0.2, 0.25) is 6.79 Å². The molecular formula is C12H14BrNO2. The van der Waals surface area contributed by atoms with Crippen LogP contribution >= 0.6 is 15.9 Å². The van der Waals surface area contributed by atoms with Crippen LogP contribution in [0.5, 0.6) is 11.5 Å². The molecular weight excluding hydrogens is 270 g/mol. The summed E-state index contributed by atoms with van der Waals surface area (Å²) >= 11 is 3.54. The van der Waals surface area contributed by atoms with E-state index < -0.39 is 0 Å². The molecule has 3 rings (SSSR count). The standard InChI is InChI=1S/C12H14BrNO2/c13-10-4-9(8-2-1-3-14-6-8)5-11-12(10)16-7-15-11/h4-5,8,14H,1-3,6-7H2. The lowest BCUT2D eigenvalue weighted by Gasteiger charge is -2.23. The van der Waals surface area contributed by atoms with E-state index in [0.29, 0.717) is 12.7 Å². The molecule has 2 heterocycles. The fourth-order valence-corrected chi connectivity index (χ4v) is 2.93. The third kappa shape index (κ3) is 1.80. The molecule has 0 saturated carbocycles. The van der Waals surface area contributed by atoms with E-state index in [1.54, 1.807) is 0 Å². The maximum Gasteiger partial charge on any atom is 0.231 e.